The van der Waals surface area contributed by atoms with Gasteiger partial charge in [0, 0.05) is 11.6 Å². The maximum atomic E-state index is 13.1. The Morgan fingerprint density at radius 2 is 1.79 bits per heavy atom. The number of aromatic amines is 1. The summed E-state index contributed by atoms with van der Waals surface area (Å²) in [5.41, 5.74) is -5.11. The number of H-pyrrole nitrogens is 1. The van der Waals surface area contributed by atoms with Crippen molar-refractivity contribution < 1.29 is 35.5 Å². The lowest BCUT2D eigenvalue weighted by molar-refractivity contribution is 0.141. The Labute approximate surface area is 230 Å². The predicted molar refractivity (Wildman–Crippen MR) is 136 cm³/mol. The van der Waals surface area contributed by atoms with Crippen molar-refractivity contribution in [1.82, 2.24) is 19.5 Å². The number of rotatable bonds is 9. The van der Waals surface area contributed by atoms with E-state index in [-0.39, 0.29) is 40.1 Å². The fourth-order valence-electron chi connectivity index (χ4n) is 3.65. The van der Waals surface area contributed by atoms with Crippen molar-refractivity contribution in [3.05, 3.63) is 66.9 Å². The summed E-state index contributed by atoms with van der Waals surface area (Å²) in [6.45, 7) is 1.37. The number of hydrogen-bond donors (Lipinski definition) is 4. The van der Waals surface area contributed by atoms with Crippen LogP contribution in [0.25, 0.3) is 5.69 Å². The number of ether oxygens (including phenoxy) is 1. The average molecular weight is 627 g/mol. The molecule has 1 atom stereocenters. The summed E-state index contributed by atoms with van der Waals surface area (Å²) in [4.78, 5) is 24.8. The number of phenolic OH excluding ortho intramolecular Hbond substituents is 1. The van der Waals surface area contributed by atoms with E-state index in [0.717, 1.165) is 24.3 Å². The molecule has 4 rings (SSSR count). The maximum Gasteiger partial charge on any atom is 0.349 e. The SMILES string of the molecule is CC([SH](=O)=O)C1(NS(=O)(=O)c2cc(Oc3c(Cl)cc(-n4nc(C(F)F)c(=O)[nH]c4=O)cc3Cl)ccc2O)CC1. The molecule has 0 radical (unpaired) electrons. The fraction of sp³-hybridized carbons (Fsp3) is 0.286. The highest BCUT2D eigenvalue weighted by molar-refractivity contribution is 7.89. The van der Waals surface area contributed by atoms with Crippen LogP contribution in [0.4, 0.5) is 8.78 Å². The molecule has 0 bridgehead atoms. The molecule has 1 unspecified atom stereocenters. The van der Waals surface area contributed by atoms with Crippen LogP contribution in [0.5, 0.6) is 17.2 Å². The highest BCUT2D eigenvalue weighted by Gasteiger charge is 2.52. The Morgan fingerprint density at radius 1 is 1.18 bits per heavy atom. The summed E-state index contributed by atoms with van der Waals surface area (Å²) >= 11 is 12.5. The molecular formula is C21H18Cl2F2N4O8S2. The Bertz CT molecular complexity index is 1740. The third-order valence-corrected chi connectivity index (χ3v) is 9.24. The number of hydrogen-bond acceptors (Lipinski definition) is 9. The molecule has 3 N–H and O–H groups in total. The van der Waals surface area contributed by atoms with Crippen LogP contribution in [0.3, 0.4) is 0 Å². The van der Waals surface area contributed by atoms with Crippen molar-refractivity contribution >= 4 is 43.9 Å². The van der Waals surface area contributed by atoms with E-state index in [4.69, 9.17) is 27.9 Å². The number of nitrogens with zero attached hydrogens (tertiary/aromatic N) is 2. The molecule has 12 nitrogen and oxygen atoms in total. The number of phenols is 1. The number of alkyl halides is 2. The molecule has 1 aliphatic rings. The van der Waals surface area contributed by atoms with Gasteiger partial charge in [0.1, 0.15) is 27.1 Å². The molecule has 0 saturated heterocycles. The van der Waals surface area contributed by atoms with Crippen LogP contribution in [-0.4, -0.2) is 47.5 Å². The number of aromatic nitrogens is 3. The second-order valence-electron chi connectivity index (χ2n) is 8.55. The van der Waals surface area contributed by atoms with E-state index in [1.807, 2.05) is 0 Å². The standard InChI is InChI=1S/C21H18Cl2F2N4O8S2/c1-9(38(33)34)21(4-5-21)28-39(35,36)15-8-11(2-3-14(15)30)37-17-12(22)6-10(7-13(17)23)29-20(32)26-19(31)16(27-29)18(24)25/h2-3,6-9,18,28,30,38H,4-5H2,1H3,(H,26,31,32). The van der Waals surface area contributed by atoms with Gasteiger partial charge in [-0.05, 0) is 44.0 Å². The van der Waals surface area contributed by atoms with Crippen molar-refractivity contribution in [2.45, 2.75) is 41.9 Å². The van der Waals surface area contributed by atoms with Gasteiger partial charge in [0.15, 0.2) is 11.4 Å². The second-order valence-corrected chi connectivity index (χ2v) is 12.4. The van der Waals surface area contributed by atoms with E-state index in [0.29, 0.717) is 4.68 Å². The largest absolute Gasteiger partial charge is 0.507 e. The molecule has 0 spiro atoms. The summed E-state index contributed by atoms with van der Waals surface area (Å²) in [6.07, 6.45) is -2.70. The van der Waals surface area contributed by atoms with Gasteiger partial charge in [-0.25, -0.2) is 35.1 Å². The molecule has 1 heterocycles. The van der Waals surface area contributed by atoms with Crippen LogP contribution >= 0.6 is 23.2 Å². The Balaban J connectivity index is 1.67. The van der Waals surface area contributed by atoms with E-state index >= 15 is 0 Å². The van der Waals surface area contributed by atoms with Crippen LogP contribution in [0.1, 0.15) is 31.9 Å². The van der Waals surface area contributed by atoms with E-state index < -0.39 is 65.5 Å². The Kier molecular flexibility index (Phi) is 7.79. The van der Waals surface area contributed by atoms with Crippen molar-refractivity contribution in [2.75, 3.05) is 0 Å². The Hall–Kier alpha value is -3.05. The molecule has 0 aliphatic heterocycles. The lowest BCUT2D eigenvalue weighted by Crippen LogP contribution is -2.45. The molecule has 210 valence electrons. The normalized spacial score (nSPS) is 15.5. The van der Waals surface area contributed by atoms with Crippen molar-refractivity contribution in [3.8, 4) is 22.9 Å². The molecule has 1 fully saturated rings. The zero-order chi connectivity index (χ0) is 28.9. The van der Waals surface area contributed by atoms with Gasteiger partial charge in [-0.2, -0.15) is 9.78 Å². The summed E-state index contributed by atoms with van der Waals surface area (Å²) in [7, 11) is -7.33. The first-order valence-corrected chi connectivity index (χ1v) is 14.3. The molecule has 0 amide bonds. The molecule has 39 heavy (non-hydrogen) atoms. The number of halogens is 4. The number of sulfonamides is 1. The molecule has 1 saturated carbocycles. The quantitative estimate of drug-likeness (QED) is 0.260. The van der Waals surface area contributed by atoms with Gasteiger partial charge >= 0.3 is 5.69 Å². The molecule has 1 aliphatic carbocycles. The molecule has 18 heteroatoms. The van der Waals surface area contributed by atoms with Gasteiger partial charge in [-0.3, -0.25) is 9.78 Å². The van der Waals surface area contributed by atoms with Gasteiger partial charge in [0.25, 0.3) is 12.0 Å². The maximum absolute atomic E-state index is 13.1. The smallest absolute Gasteiger partial charge is 0.349 e. The highest BCUT2D eigenvalue weighted by Crippen LogP contribution is 2.43. The topological polar surface area (TPSA) is 178 Å². The van der Waals surface area contributed by atoms with Gasteiger partial charge in [-0.15, -0.1) is 0 Å². The Morgan fingerprint density at radius 3 is 2.33 bits per heavy atom. The second kappa shape index (κ2) is 10.5. The lowest BCUT2D eigenvalue weighted by Gasteiger charge is -2.21. The zero-order valence-electron chi connectivity index (χ0n) is 19.5. The lowest BCUT2D eigenvalue weighted by atomic mass is 10.2. The minimum atomic E-state index is -4.41. The van der Waals surface area contributed by atoms with Gasteiger partial charge in [-0.1, -0.05) is 23.2 Å². The van der Waals surface area contributed by atoms with E-state index in [1.165, 1.54) is 13.0 Å². The first kappa shape index (κ1) is 28.9. The molecule has 2 aromatic carbocycles. The monoisotopic (exact) mass is 626 g/mol. The molecular weight excluding hydrogens is 609 g/mol. The average Bonchev–Trinajstić information content (AvgIpc) is 3.61. The minimum absolute atomic E-state index is 0.156. The minimum Gasteiger partial charge on any atom is -0.507 e. The van der Waals surface area contributed by atoms with Gasteiger partial charge in [0.2, 0.25) is 10.0 Å². The third kappa shape index (κ3) is 5.79. The van der Waals surface area contributed by atoms with E-state index in [1.54, 1.807) is 4.98 Å². The fourth-order valence-corrected chi connectivity index (χ4v) is 6.66. The van der Waals surface area contributed by atoms with E-state index in [9.17, 15) is 40.3 Å². The first-order valence-electron chi connectivity index (χ1n) is 10.8. The molecule has 1 aromatic heterocycles. The predicted octanol–water partition coefficient (Wildman–Crippen LogP) is 2.47. The highest BCUT2D eigenvalue weighted by atomic mass is 35.5. The summed E-state index contributed by atoms with van der Waals surface area (Å²) in [6, 6.07) is 5.33. The first-order chi connectivity index (χ1) is 18.1. The summed E-state index contributed by atoms with van der Waals surface area (Å²) < 4.78 is 83.4. The van der Waals surface area contributed by atoms with Gasteiger partial charge in [0.05, 0.1) is 21.0 Å². The zero-order valence-corrected chi connectivity index (χ0v) is 22.7. The summed E-state index contributed by atoms with van der Waals surface area (Å²) in [5, 5.41) is 12.1. The van der Waals surface area contributed by atoms with Crippen LogP contribution in [-0.2, 0) is 20.7 Å². The van der Waals surface area contributed by atoms with Crippen LogP contribution in [0.15, 0.2) is 44.8 Å². The van der Waals surface area contributed by atoms with Gasteiger partial charge < -0.3 is 9.84 Å². The van der Waals surface area contributed by atoms with Crippen molar-refractivity contribution in [1.29, 1.82) is 0 Å². The van der Waals surface area contributed by atoms with Crippen molar-refractivity contribution in [2.24, 2.45) is 0 Å². The number of nitrogens with one attached hydrogen (secondary N) is 2. The number of thiol groups is 1. The number of benzene rings is 2. The molecule has 3 aromatic rings. The van der Waals surface area contributed by atoms with Crippen LogP contribution in [0, 0.1) is 0 Å². The summed E-state index contributed by atoms with van der Waals surface area (Å²) in [5.74, 6) is -1.03. The van der Waals surface area contributed by atoms with Crippen LogP contribution in [0.2, 0.25) is 10.0 Å². The van der Waals surface area contributed by atoms with E-state index in [2.05, 4.69) is 9.82 Å². The van der Waals surface area contributed by atoms with Crippen LogP contribution < -0.4 is 20.7 Å². The van der Waals surface area contributed by atoms with Crippen molar-refractivity contribution in [3.63, 3.8) is 0 Å². The third-order valence-electron chi connectivity index (χ3n) is 5.97. The number of aromatic hydroxyl groups is 1.